The molecule has 2 rings (SSSR count). The van der Waals surface area contributed by atoms with Gasteiger partial charge in [-0.25, -0.2) is 9.18 Å². The molecule has 0 atom stereocenters. The Morgan fingerprint density at radius 2 is 2.06 bits per heavy atom. The summed E-state index contributed by atoms with van der Waals surface area (Å²) in [5.74, 6) is -0.623. The van der Waals surface area contributed by atoms with Gasteiger partial charge in [-0.2, -0.15) is 0 Å². The highest BCUT2D eigenvalue weighted by atomic mass is 19.1. The number of hydrogen-bond donors (Lipinski definition) is 1. The van der Waals surface area contributed by atoms with Gasteiger partial charge in [-0.05, 0) is 6.07 Å². The number of hydrogen-bond acceptors (Lipinski definition) is 2. The number of carbonyl (C=O) groups is 2. The maximum Gasteiger partial charge on any atom is 0.324 e. The first kappa shape index (κ1) is 10.6. The number of imide groups is 1. The molecule has 1 aliphatic rings. The van der Waals surface area contributed by atoms with Gasteiger partial charge >= 0.3 is 6.03 Å². The molecule has 0 bridgehead atoms. The molecular weight excluding hydrogens is 211 g/mol. The van der Waals surface area contributed by atoms with E-state index in [9.17, 15) is 14.0 Å². The number of halogens is 1. The average Bonchev–Trinajstić information content (AvgIpc) is 2.25. The second-order valence-corrected chi connectivity index (χ2v) is 3.62. The second-order valence-electron chi connectivity index (χ2n) is 3.62. The maximum atomic E-state index is 13.3. The third-order valence-corrected chi connectivity index (χ3v) is 2.46. The molecule has 1 fully saturated rings. The fraction of sp³-hybridized carbons (Fsp3) is 0.273. The van der Waals surface area contributed by atoms with Crippen molar-refractivity contribution in [2.45, 2.75) is 13.0 Å². The lowest BCUT2D eigenvalue weighted by Crippen LogP contribution is -2.48. The normalized spacial score (nSPS) is 16.2. The van der Waals surface area contributed by atoms with Crippen molar-refractivity contribution in [1.29, 1.82) is 0 Å². The standard InChI is InChI=1S/C11H11FN2O2/c12-9-4-2-1-3-8(9)7-14-6-5-10(15)13-11(14)16/h1-4H,5-7H2,(H,13,15,16). The van der Waals surface area contributed by atoms with Crippen LogP contribution in [0.3, 0.4) is 0 Å². The molecule has 0 spiro atoms. The lowest BCUT2D eigenvalue weighted by molar-refractivity contribution is -0.121. The molecule has 1 aliphatic heterocycles. The zero-order chi connectivity index (χ0) is 11.5. The number of amides is 3. The van der Waals surface area contributed by atoms with E-state index in [1.54, 1.807) is 18.2 Å². The molecule has 0 aliphatic carbocycles. The highest BCUT2D eigenvalue weighted by Crippen LogP contribution is 2.11. The Balaban J connectivity index is 2.08. The molecule has 1 aromatic carbocycles. The van der Waals surface area contributed by atoms with Crippen LogP contribution in [-0.2, 0) is 11.3 Å². The van der Waals surface area contributed by atoms with Gasteiger partial charge in [0.1, 0.15) is 5.82 Å². The van der Waals surface area contributed by atoms with Gasteiger partial charge in [0.15, 0.2) is 0 Å². The predicted octanol–water partition coefficient (Wildman–Crippen LogP) is 1.27. The SMILES string of the molecule is O=C1CCN(Cc2ccccc2F)C(=O)N1. The summed E-state index contributed by atoms with van der Waals surface area (Å²) in [6.07, 6.45) is 0.264. The van der Waals surface area contributed by atoms with Crippen molar-refractivity contribution in [3.8, 4) is 0 Å². The number of urea groups is 1. The Kier molecular flexibility index (Phi) is 2.85. The second kappa shape index (κ2) is 4.30. The van der Waals surface area contributed by atoms with Crippen molar-refractivity contribution >= 4 is 11.9 Å². The van der Waals surface area contributed by atoms with Gasteiger partial charge < -0.3 is 4.90 Å². The molecule has 0 saturated carbocycles. The molecule has 3 amide bonds. The molecule has 0 radical (unpaired) electrons. The van der Waals surface area contributed by atoms with E-state index in [-0.39, 0.29) is 24.7 Å². The fourth-order valence-electron chi connectivity index (χ4n) is 1.58. The number of rotatable bonds is 2. The lowest BCUT2D eigenvalue weighted by atomic mass is 10.2. The third-order valence-electron chi connectivity index (χ3n) is 2.46. The molecule has 84 valence electrons. The van der Waals surface area contributed by atoms with Crippen LogP contribution >= 0.6 is 0 Å². The molecular formula is C11H11FN2O2. The van der Waals surface area contributed by atoms with Gasteiger partial charge in [-0.15, -0.1) is 0 Å². The van der Waals surface area contributed by atoms with Crippen molar-refractivity contribution in [1.82, 2.24) is 10.2 Å². The number of nitrogens with zero attached hydrogens (tertiary/aromatic N) is 1. The minimum atomic E-state index is -0.459. The van der Waals surface area contributed by atoms with E-state index >= 15 is 0 Å². The van der Waals surface area contributed by atoms with Crippen LogP contribution in [0.1, 0.15) is 12.0 Å². The molecule has 1 N–H and O–H groups in total. The van der Waals surface area contributed by atoms with Crippen LogP contribution in [0, 0.1) is 5.82 Å². The van der Waals surface area contributed by atoms with Gasteiger partial charge in [0, 0.05) is 18.5 Å². The van der Waals surface area contributed by atoms with Crippen LogP contribution in [0.25, 0.3) is 0 Å². The monoisotopic (exact) mass is 222 g/mol. The summed E-state index contributed by atoms with van der Waals surface area (Å²) in [5.41, 5.74) is 0.451. The van der Waals surface area contributed by atoms with Crippen LogP contribution in [0.5, 0.6) is 0 Å². The average molecular weight is 222 g/mol. The Morgan fingerprint density at radius 1 is 1.31 bits per heavy atom. The number of carbonyl (C=O) groups excluding carboxylic acids is 2. The van der Waals surface area contributed by atoms with Gasteiger partial charge in [0.2, 0.25) is 5.91 Å². The Bertz CT molecular complexity index is 434. The van der Waals surface area contributed by atoms with Crippen molar-refractivity contribution in [2.24, 2.45) is 0 Å². The Morgan fingerprint density at radius 3 is 2.75 bits per heavy atom. The van der Waals surface area contributed by atoms with Gasteiger partial charge in [-0.3, -0.25) is 10.1 Å². The van der Waals surface area contributed by atoms with Crippen LogP contribution in [0.15, 0.2) is 24.3 Å². The van der Waals surface area contributed by atoms with E-state index < -0.39 is 6.03 Å². The summed E-state index contributed by atoms with van der Waals surface area (Å²) in [5, 5.41) is 2.19. The van der Waals surface area contributed by atoms with Gasteiger partial charge in [0.25, 0.3) is 0 Å². The molecule has 0 aromatic heterocycles. The highest BCUT2D eigenvalue weighted by Gasteiger charge is 2.23. The summed E-state index contributed by atoms with van der Waals surface area (Å²) in [7, 11) is 0. The third kappa shape index (κ3) is 2.18. The quantitative estimate of drug-likeness (QED) is 0.819. The largest absolute Gasteiger partial charge is 0.324 e. The fourth-order valence-corrected chi connectivity index (χ4v) is 1.58. The predicted molar refractivity (Wildman–Crippen MR) is 55.0 cm³/mol. The molecule has 1 aromatic rings. The highest BCUT2D eigenvalue weighted by molar-refractivity contribution is 5.96. The van der Waals surface area contributed by atoms with Crippen LogP contribution in [-0.4, -0.2) is 23.4 Å². The first-order chi connectivity index (χ1) is 7.66. The maximum absolute atomic E-state index is 13.3. The molecule has 0 unspecified atom stereocenters. The minimum Gasteiger partial charge on any atom is -0.320 e. The Labute approximate surface area is 92.0 Å². The summed E-state index contributed by atoms with van der Waals surface area (Å²) in [6.45, 7) is 0.519. The van der Waals surface area contributed by atoms with E-state index in [4.69, 9.17) is 0 Å². The summed E-state index contributed by atoms with van der Waals surface area (Å²) in [6, 6.07) is 5.82. The molecule has 1 saturated heterocycles. The van der Waals surface area contributed by atoms with E-state index in [1.807, 2.05) is 0 Å². The minimum absolute atomic E-state index is 0.186. The Hall–Kier alpha value is -1.91. The molecule has 4 nitrogen and oxygen atoms in total. The first-order valence-electron chi connectivity index (χ1n) is 4.99. The van der Waals surface area contributed by atoms with Crippen LogP contribution in [0.2, 0.25) is 0 Å². The van der Waals surface area contributed by atoms with Crippen LogP contribution < -0.4 is 5.32 Å². The van der Waals surface area contributed by atoms with Crippen molar-refractivity contribution in [3.63, 3.8) is 0 Å². The molecule has 5 heteroatoms. The van der Waals surface area contributed by atoms with E-state index in [1.165, 1.54) is 11.0 Å². The van der Waals surface area contributed by atoms with Crippen molar-refractivity contribution in [3.05, 3.63) is 35.6 Å². The topological polar surface area (TPSA) is 49.4 Å². The van der Waals surface area contributed by atoms with E-state index in [0.29, 0.717) is 12.1 Å². The zero-order valence-corrected chi connectivity index (χ0v) is 8.57. The summed E-state index contributed by atoms with van der Waals surface area (Å²) >= 11 is 0. The summed E-state index contributed by atoms with van der Waals surface area (Å²) < 4.78 is 13.3. The van der Waals surface area contributed by atoms with Crippen molar-refractivity contribution < 1.29 is 14.0 Å². The number of benzene rings is 1. The zero-order valence-electron chi connectivity index (χ0n) is 8.57. The molecule has 16 heavy (non-hydrogen) atoms. The van der Waals surface area contributed by atoms with Gasteiger partial charge in [-0.1, -0.05) is 18.2 Å². The van der Waals surface area contributed by atoms with Crippen molar-refractivity contribution in [2.75, 3.05) is 6.54 Å². The number of nitrogens with one attached hydrogen (secondary N) is 1. The molecule has 1 heterocycles. The van der Waals surface area contributed by atoms with Gasteiger partial charge in [0.05, 0.1) is 6.54 Å². The summed E-state index contributed by atoms with van der Waals surface area (Å²) in [4.78, 5) is 23.7. The van der Waals surface area contributed by atoms with E-state index in [2.05, 4.69) is 5.32 Å². The first-order valence-corrected chi connectivity index (χ1v) is 4.99. The van der Waals surface area contributed by atoms with E-state index in [0.717, 1.165) is 0 Å². The lowest BCUT2D eigenvalue weighted by Gasteiger charge is -2.26. The smallest absolute Gasteiger partial charge is 0.320 e. The van der Waals surface area contributed by atoms with Crippen LogP contribution in [0.4, 0.5) is 9.18 Å².